The Hall–Kier alpha value is -1.67. The van der Waals surface area contributed by atoms with E-state index in [-0.39, 0.29) is 10.6 Å². The van der Waals surface area contributed by atoms with E-state index < -0.39 is 28.4 Å². The Morgan fingerprint density at radius 3 is 2.61 bits per heavy atom. The summed E-state index contributed by atoms with van der Waals surface area (Å²) >= 11 is 0. The van der Waals surface area contributed by atoms with Crippen molar-refractivity contribution in [1.82, 2.24) is 4.31 Å². The number of rotatable bonds is 4. The van der Waals surface area contributed by atoms with E-state index in [4.69, 9.17) is 5.73 Å². The maximum absolute atomic E-state index is 13.2. The molecule has 0 aromatic heterocycles. The number of ether oxygens (including phenoxy) is 1. The predicted molar refractivity (Wildman–Crippen MR) is 62.6 cm³/mol. The van der Waals surface area contributed by atoms with Gasteiger partial charge in [0.2, 0.25) is 10.0 Å². The first-order valence-electron chi connectivity index (χ1n) is 4.87. The summed E-state index contributed by atoms with van der Waals surface area (Å²) in [5, 5.41) is 0. The van der Waals surface area contributed by atoms with Crippen molar-refractivity contribution in [2.24, 2.45) is 0 Å². The van der Waals surface area contributed by atoms with Crippen molar-refractivity contribution in [3.8, 4) is 0 Å². The Bertz CT molecular complexity index is 559. The lowest BCUT2D eigenvalue weighted by molar-refractivity contribution is -0.140. The van der Waals surface area contributed by atoms with Crippen LogP contribution in [0.2, 0.25) is 0 Å². The molecule has 0 heterocycles. The first-order valence-corrected chi connectivity index (χ1v) is 6.31. The van der Waals surface area contributed by atoms with Crippen molar-refractivity contribution >= 4 is 21.7 Å². The molecule has 0 aliphatic heterocycles. The summed E-state index contributed by atoms with van der Waals surface area (Å²) in [7, 11) is -1.61. The molecule has 0 spiro atoms. The SMILES string of the molecule is COC(=O)CN(C)S(=O)(=O)c1ccc(N)c(F)c1. The first kappa shape index (κ1) is 14.4. The quantitative estimate of drug-likeness (QED) is 0.627. The van der Waals surface area contributed by atoms with Gasteiger partial charge in [-0.15, -0.1) is 0 Å². The monoisotopic (exact) mass is 276 g/mol. The van der Waals surface area contributed by atoms with Crippen LogP contribution < -0.4 is 5.73 Å². The second-order valence-corrected chi connectivity index (χ2v) is 5.57. The highest BCUT2D eigenvalue weighted by Gasteiger charge is 2.24. The number of anilines is 1. The van der Waals surface area contributed by atoms with Gasteiger partial charge in [0.05, 0.1) is 17.7 Å². The van der Waals surface area contributed by atoms with Crippen LogP contribution >= 0.6 is 0 Å². The molecule has 1 aromatic rings. The molecule has 0 aliphatic rings. The Morgan fingerprint density at radius 1 is 1.50 bits per heavy atom. The van der Waals surface area contributed by atoms with Gasteiger partial charge < -0.3 is 10.5 Å². The summed E-state index contributed by atoms with van der Waals surface area (Å²) in [5.74, 6) is -1.54. The van der Waals surface area contributed by atoms with Gasteiger partial charge in [-0.1, -0.05) is 0 Å². The maximum Gasteiger partial charge on any atom is 0.321 e. The molecule has 0 aliphatic carbocycles. The molecule has 0 saturated carbocycles. The fraction of sp³-hybridized carbons (Fsp3) is 0.300. The number of carbonyl (C=O) groups excluding carboxylic acids is 1. The number of hydrogen-bond acceptors (Lipinski definition) is 5. The Labute approximate surface area is 104 Å². The number of methoxy groups -OCH3 is 1. The third kappa shape index (κ3) is 2.96. The van der Waals surface area contributed by atoms with Crippen LogP contribution in [0.1, 0.15) is 0 Å². The smallest absolute Gasteiger partial charge is 0.321 e. The first-order chi connectivity index (χ1) is 8.28. The summed E-state index contributed by atoms with van der Waals surface area (Å²) in [6.45, 7) is -0.454. The van der Waals surface area contributed by atoms with Crippen LogP contribution in [-0.2, 0) is 19.6 Å². The molecule has 0 radical (unpaired) electrons. The van der Waals surface area contributed by atoms with E-state index in [1.165, 1.54) is 13.1 Å². The number of sulfonamides is 1. The fourth-order valence-corrected chi connectivity index (χ4v) is 2.31. The van der Waals surface area contributed by atoms with Crippen LogP contribution in [-0.4, -0.2) is 39.4 Å². The Balaban J connectivity index is 3.05. The van der Waals surface area contributed by atoms with Crippen molar-refractivity contribution in [2.45, 2.75) is 4.90 Å². The number of nitrogen functional groups attached to an aromatic ring is 1. The molecule has 0 bridgehead atoms. The minimum absolute atomic E-state index is 0.149. The molecule has 0 amide bonds. The van der Waals surface area contributed by atoms with Crippen LogP contribution in [0, 0.1) is 5.82 Å². The van der Waals surface area contributed by atoms with Crippen LogP contribution in [0.4, 0.5) is 10.1 Å². The highest BCUT2D eigenvalue weighted by Crippen LogP contribution is 2.19. The molecule has 18 heavy (non-hydrogen) atoms. The second-order valence-electron chi connectivity index (χ2n) is 3.52. The molecule has 100 valence electrons. The van der Waals surface area contributed by atoms with E-state index in [0.29, 0.717) is 0 Å². The minimum Gasteiger partial charge on any atom is -0.468 e. The molecule has 1 aromatic carbocycles. The highest BCUT2D eigenvalue weighted by molar-refractivity contribution is 7.89. The third-order valence-electron chi connectivity index (χ3n) is 2.26. The van der Waals surface area contributed by atoms with Crippen molar-refractivity contribution in [1.29, 1.82) is 0 Å². The number of benzene rings is 1. The molecule has 0 saturated heterocycles. The molecule has 0 atom stereocenters. The van der Waals surface area contributed by atoms with Gasteiger partial charge in [0.15, 0.2) is 0 Å². The molecule has 2 N–H and O–H groups in total. The summed E-state index contributed by atoms with van der Waals surface area (Å²) in [4.78, 5) is 10.7. The molecule has 6 nitrogen and oxygen atoms in total. The lowest BCUT2D eigenvalue weighted by Gasteiger charge is -2.15. The maximum atomic E-state index is 13.2. The lowest BCUT2D eigenvalue weighted by atomic mass is 10.3. The fourth-order valence-electron chi connectivity index (χ4n) is 1.18. The van der Waals surface area contributed by atoms with Gasteiger partial charge in [0, 0.05) is 7.05 Å². The highest BCUT2D eigenvalue weighted by atomic mass is 32.2. The number of esters is 1. The standard InChI is InChI=1S/C10H13FN2O4S/c1-13(6-10(14)17-2)18(15,16)7-3-4-9(12)8(11)5-7/h3-5H,6,12H2,1-2H3. The zero-order valence-corrected chi connectivity index (χ0v) is 10.7. The Kier molecular flexibility index (Phi) is 4.25. The molecule has 1 rings (SSSR count). The number of halogens is 1. The average molecular weight is 276 g/mol. The van der Waals surface area contributed by atoms with Crippen LogP contribution in [0.25, 0.3) is 0 Å². The van der Waals surface area contributed by atoms with E-state index in [0.717, 1.165) is 23.5 Å². The number of hydrogen-bond donors (Lipinski definition) is 1. The van der Waals surface area contributed by atoms with Crippen molar-refractivity contribution in [3.63, 3.8) is 0 Å². The van der Waals surface area contributed by atoms with Gasteiger partial charge >= 0.3 is 5.97 Å². The van der Waals surface area contributed by atoms with E-state index in [9.17, 15) is 17.6 Å². The lowest BCUT2D eigenvalue weighted by Crippen LogP contribution is -2.32. The van der Waals surface area contributed by atoms with Gasteiger partial charge in [-0.25, -0.2) is 12.8 Å². The number of likely N-dealkylation sites (N-methyl/N-ethyl adjacent to an activating group) is 1. The minimum atomic E-state index is -3.95. The second kappa shape index (κ2) is 5.32. The van der Waals surface area contributed by atoms with Gasteiger partial charge in [0.25, 0.3) is 0 Å². The van der Waals surface area contributed by atoms with E-state index >= 15 is 0 Å². The zero-order chi connectivity index (χ0) is 13.9. The summed E-state index contributed by atoms with van der Waals surface area (Å²) in [6, 6.07) is 3.12. The topological polar surface area (TPSA) is 89.7 Å². The van der Waals surface area contributed by atoms with Crippen molar-refractivity contribution < 1.29 is 22.3 Å². The largest absolute Gasteiger partial charge is 0.468 e. The van der Waals surface area contributed by atoms with Gasteiger partial charge in [-0.2, -0.15) is 4.31 Å². The zero-order valence-electron chi connectivity index (χ0n) is 9.88. The van der Waals surface area contributed by atoms with Crippen LogP contribution in [0.5, 0.6) is 0 Å². The molecular weight excluding hydrogens is 263 g/mol. The third-order valence-corrected chi connectivity index (χ3v) is 4.06. The summed E-state index contributed by atoms with van der Waals surface area (Å²) in [5.41, 5.74) is 5.10. The van der Waals surface area contributed by atoms with Crippen LogP contribution in [0.3, 0.4) is 0 Å². The average Bonchev–Trinajstić information content (AvgIpc) is 2.32. The van der Waals surface area contributed by atoms with E-state index in [1.807, 2.05) is 0 Å². The summed E-state index contributed by atoms with van der Waals surface area (Å²) < 4.78 is 42.2. The molecule has 0 fully saturated rings. The van der Waals surface area contributed by atoms with Crippen LogP contribution in [0.15, 0.2) is 23.1 Å². The number of nitrogens with zero attached hydrogens (tertiary/aromatic N) is 1. The van der Waals surface area contributed by atoms with Gasteiger partial charge in [-0.05, 0) is 18.2 Å². The van der Waals surface area contributed by atoms with E-state index in [1.54, 1.807) is 0 Å². The Morgan fingerprint density at radius 2 is 2.11 bits per heavy atom. The van der Waals surface area contributed by atoms with Crippen molar-refractivity contribution in [2.75, 3.05) is 26.4 Å². The number of nitrogens with two attached hydrogens (primary N) is 1. The van der Waals surface area contributed by atoms with E-state index in [2.05, 4.69) is 4.74 Å². The van der Waals surface area contributed by atoms with Gasteiger partial charge in [0.1, 0.15) is 12.4 Å². The molecular formula is C10H13FN2O4S. The van der Waals surface area contributed by atoms with Gasteiger partial charge in [-0.3, -0.25) is 4.79 Å². The summed E-state index contributed by atoms with van der Waals surface area (Å²) in [6.07, 6.45) is 0. The number of carbonyl (C=O) groups is 1. The predicted octanol–water partition coefficient (Wildman–Crippen LogP) is 0.201. The van der Waals surface area contributed by atoms with Crippen molar-refractivity contribution in [3.05, 3.63) is 24.0 Å². The molecule has 0 unspecified atom stereocenters. The molecule has 8 heteroatoms. The normalized spacial score (nSPS) is 11.6.